The molecule has 3 unspecified atom stereocenters. The molecule has 0 aromatic heterocycles. The maximum atomic E-state index is 14.4. The minimum atomic E-state index is -4.87. The normalized spacial score (nSPS) is 23.2. The first-order chi connectivity index (χ1) is 26.6. The molecule has 14 nitrogen and oxygen atoms in total. The van der Waals surface area contributed by atoms with Crippen LogP contribution in [0.25, 0.3) is 0 Å². The van der Waals surface area contributed by atoms with Crippen molar-refractivity contribution in [2.45, 2.75) is 115 Å². The third-order valence-electron chi connectivity index (χ3n) is 12.1. The number of likely N-dealkylation sites (N-methyl/N-ethyl adjacent to an activating group) is 1. The smallest absolute Gasteiger partial charge is 0.427 e. The number of amides is 6. The molecule has 6 atom stereocenters. The van der Waals surface area contributed by atoms with E-state index in [1.807, 2.05) is 13.8 Å². The summed E-state index contributed by atoms with van der Waals surface area (Å²) in [6.07, 6.45) is -1.08. The quantitative estimate of drug-likeness (QED) is 0.195. The number of piperidine rings is 1. The Morgan fingerprint density at radius 1 is 0.912 bits per heavy atom. The van der Waals surface area contributed by atoms with Crippen LogP contribution in [0.4, 0.5) is 18.0 Å². The fourth-order valence-electron chi connectivity index (χ4n) is 8.27. The topological polar surface area (TPSA) is 183 Å². The lowest BCUT2D eigenvalue weighted by atomic mass is 9.83. The van der Waals surface area contributed by atoms with E-state index >= 15 is 0 Å². The van der Waals surface area contributed by atoms with Crippen molar-refractivity contribution in [1.29, 1.82) is 0 Å². The number of nitrogens with one attached hydrogen (secondary N) is 4. The monoisotopic (exact) mass is 804 g/mol. The highest BCUT2D eigenvalue weighted by Gasteiger charge is 2.70. The number of ether oxygens (including phenoxy) is 1. The van der Waals surface area contributed by atoms with Gasteiger partial charge in [-0.15, -0.1) is 0 Å². The van der Waals surface area contributed by atoms with Crippen molar-refractivity contribution in [2.75, 3.05) is 27.2 Å². The molecule has 6 amide bonds. The standard InChI is InChI=1S/C40H55F3N6O8/c1-38(2)25-21-49(36(55)30(24-15-11-8-12-16-24)47-37(56)57-39(3,4)40(41,42)43)31(28(25)38)33(52)45-26(19-22-17-18-22)32(51)34(53)44-20-27(50)46-29(35(54)48(5)6)23-13-9-7-10-14-23/h7,9-10,13-14,22,24-26,28-31H,8,11-12,15-21H2,1-6H3,(H,44,53)(H,45,52)(H,46,50)(H,47,56)/t25?,26?,28?,29-,30-,31-/m0/s1. The molecule has 1 aliphatic heterocycles. The van der Waals surface area contributed by atoms with Gasteiger partial charge in [-0.25, -0.2) is 4.79 Å². The summed E-state index contributed by atoms with van der Waals surface area (Å²) in [6.45, 7) is 4.87. The highest BCUT2D eigenvalue weighted by atomic mass is 19.4. The first kappa shape index (κ1) is 43.4. The van der Waals surface area contributed by atoms with Crippen molar-refractivity contribution in [3.63, 3.8) is 0 Å². The molecule has 3 saturated carbocycles. The van der Waals surface area contributed by atoms with Gasteiger partial charge in [0.1, 0.15) is 18.1 Å². The molecule has 17 heteroatoms. The van der Waals surface area contributed by atoms with Crippen molar-refractivity contribution < 1.29 is 51.5 Å². The molecule has 5 rings (SSSR count). The van der Waals surface area contributed by atoms with Gasteiger partial charge in [-0.3, -0.25) is 28.8 Å². The first-order valence-electron chi connectivity index (χ1n) is 19.7. The Morgan fingerprint density at radius 2 is 1.54 bits per heavy atom. The molecule has 0 radical (unpaired) electrons. The summed E-state index contributed by atoms with van der Waals surface area (Å²) < 4.78 is 45.5. The zero-order valence-corrected chi connectivity index (χ0v) is 33.4. The average Bonchev–Trinajstić information content (AvgIpc) is 4.01. The Balaban J connectivity index is 1.29. The number of carbonyl (C=O) groups excluding carboxylic acids is 7. The molecule has 1 aromatic rings. The zero-order valence-electron chi connectivity index (χ0n) is 33.4. The molecular weight excluding hydrogens is 749 g/mol. The summed E-state index contributed by atoms with van der Waals surface area (Å²) in [5, 5.41) is 10.1. The summed E-state index contributed by atoms with van der Waals surface area (Å²) >= 11 is 0. The SMILES string of the molecule is CN(C)C(=O)[C@@H](NC(=O)CNC(=O)C(=O)C(CC1CC1)NC(=O)[C@@H]1C2C(CN1C(=O)[C@@H](NC(=O)OC(C)(C)C(F)(F)F)C1CCCCC1)C2(C)C)c1ccccc1. The number of nitrogens with zero attached hydrogens (tertiary/aromatic N) is 2. The average molecular weight is 805 g/mol. The second-order valence-electron chi connectivity index (χ2n) is 17.2. The van der Waals surface area contributed by atoms with E-state index in [0.29, 0.717) is 32.3 Å². The molecule has 0 spiro atoms. The van der Waals surface area contributed by atoms with Gasteiger partial charge < -0.3 is 35.8 Å². The van der Waals surface area contributed by atoms with Crippen molar-refractivity contribution >= 4 is 41.4 Å². The number of ketones is 1. The van der Waals surface area contributed by atoms with E-state index in [9.17, 15) is 46.7 Å². The number of hydrogen-bond donors (Lipinski definition) is 4. The van der Waals surface area contributed by atoms with Gasteiger partial charge in [-0.1, -0.05) is 76.3 Å². The largest absolute Gasteiger partial charge is 0.434 e. The van der Waals surface area contributed by atoms with Gasteiger partial charge in [-0.05, 0) is 67.8 Å². The van der Waals surface area contributed by atoms with Crippen molar-refractivity contribution in [3.05, 3.63) is 35.9 Å². The van der Waals surface area contributed by atoms with Crippen LogP contribution in [0.15, 0.2) is 30.3 Å². The summed E-state index contributed by atoms with van der Waals surface area (Å²) in [6, 6.07) is 3.87. The van der Waals surface area contributed by atoms with Crippen LogP contribution in [0.3, 0.4) is 0 Å². The molecule has 1 aromatic carbocycles. The summed E-state index contributed by atoms with van der Waals surface area (Å²) in [5.74, 6) is -5.27. The van der Waals surface area contributed by atoms with E-state index in [2.05, 4.69) is 21.3 Å². The van der Waals surface area contributed by atoms with E-state index in [0.717, 1.165) is 32.1 Å². The number of likely N-dealkylation sites (tertiary alicyclic amines) is 1. The number of alkyl halides is 3. The number of alkyl carbamates (subject to hydrolysis) is 1. The van der Waals surface area contributed by atoms with Crippen molar-refractivity contribution in [3.8, 4) is 0 Å². The van der Waals surface area contributed by atoms with E-state index in [1.165, 1.54) is 23.9 Å². The van der Waals surface area contributed by atoms with Crippen LogP contribution in [-0.2, 0) is 33.5 Å². The van der Waals surface area contributed by atoms with Gasteiger partial charge >= 0.3 is 12.3 Å². The molecular formula is C40H55F3N6O8. The molecule has 1 heterocycles. The van der Waals surface area contributed by atoms with Crippen LogP contribution < -0.4 is 21.3 Å². The lowest BCUT2D eigenvalue weighted by Gasteiger charge is -2.37. The molecule has 4 aliphatic rings. The van der Waals surface area contributed by atoms with Gasteiger partial charge in [0.2, 0.25) is 35.0 Å². The van der Waals surface area contributed by atoms with Crippen molar-refractivity contribution in [1.82, 2.24) is 31.1 Å². The Bertz CT molecular complexity index is 1710. The third-order valence-corrected chi connectivity index (χ3v) is 12.1. The Morgan fingerprint density at radius 3 is 2.12 bits per heavy atom. The van der Waals surface area contributed by atoms with E-state index < -0.39 is 89.8 Å². The van der Waals surface area contributed by atoms with Crippen LogP contribution in [0.5, 0.6) is 0 Å². The summed E-state index contributed by atoms with van der Waals surface area (Å²) in [7, 11) is 3.07. The second kappa shape index (κ2) is 17.0. The second-order valence-corrected chi connectivity index (χ2v) is 17.2. The number of fused-ring (bicyclic) bond motifs is 1. The van der Waals surface area contributed by atoms with Gasteiger partial charge in [0, 0.05) is 20.6 Å². The van der Waals surface area contributed by atoms with Crippen LogP contribution in [0.1, 0.15) is 90.7 Å². The lowest BCUT2D eigenvalue weighted by molar-refractivity contribution is -0.244. The maximum Gasteiger partial charge on any atom is 0.427 e. The number of hydrogen-bond acceptors (Lipinski definition) is 8. The first-order valence-corrected chi connectivity index (χ1v) is 19.7. The highest BCUT2D eigenvalue weighted by molar-refractivity contribution is 6.38. The zero-order chi connectivity index (χ0) is 42.0. The predicted octanol–water partition coefficient (Wildman–Crippen LogP) is 3.40. The number of halogens is 3. The van der Waals surface area contributed by atoms with Crippen LogP contribution in [0.2, 0.25) is 0 Å². The number of carbonyl (C=O) groups is 7. The molecule has 3 aliphatic carbocycles. The minimum absolute atomic E-state index is 0.0669. The third kappa shape index (κ3) is 10.1. The molecule has 4 N–H and O–H groups in total. The van der Waals surface area contributed by atoms with Crippen LogP contribution in [-0.4, -0.2) is 108 Å². The maximum absolute atomic E-state index is 14.4. The van der Waals surface area contributed by atoms with Gasteiger partial charge in [-0.2, -0.15) is 13.2 Å². The predicted molar refractivity (Wildman–Crippen MR) is 200 cm³/mol. The summed E-state index contributed by atoms with van der Waals surface area (Å²) in [5.41, 5.74) is -2.66. The summed E-state index contributed by atoms with van der Waals surface area (Å²) in [4.78, 5) is 96.9. The fourth-order valence-corrected chi connectivity index (χ4v) is 8.27. The van der Waals surface area contributed by atoms with Gasteiger partial charge in [0.05, 0.1) is 12.6 Å². The molecule has 4 fully saturated rings. The van der Waals surface area contributed by atoms with Crippen LogP contribution in [0, 0.1) is 29.1 Å². The van der Waals surface area contributed by atoms with E-state index in [-0.39, 0.29) is 36.1 Å². The molecule has 1 saturated heterocycles. The van der Waals surface area contributed by atoms with E-state index in [1.54, 1.807) is 30.3 Å². The Hall–Kier alpha value is -4.70. The minimum Gasteiger partial charge on any atom is -0.434 e. The number of rotatable bonds is 15. The fraction of sp³-hybridized carbons (Fsp3) is 0.675. The van der Waals surface area contributed by atoms with E-state index in [4.69, 9.17) is 4.74 Å². The Kier molecular flexibility index (Phi) is 13.0. The molecule has 314 valence electrons. The lowest BCUT2D eigenvalue weighted by Crippen LogP contribution is -2.60. The number of Topliss-reactive ketones (excluding diaryl/α,β-unsaturated/α-hetero) is 1. The van der Waals surface area contributed by atoms with Crippen LogP contribution >= 0.6 is 0 Å². The molecule has 0 bridgehead atoms. The highest BCUT2D eigenvalue weighted by Crippen LogP contribution is 2.65. The number of benzene rings is 1. The molecule has 57 heavy (non-hydrogen) atoms. The van der Waals surface area contributed by atoms with Crippen molar-refractivity contribution in [2.24, 2.45) is 29.1 Å². The van der Waals surface area contributed by atoms with Gasteiger partial charge in [0.25, 0.3) is 5.91 Å². The van der Waals surface area contributed by atoms with Gasteiger partial charge in [0.15, 0.2) is 0 Å². The Labute approximate surface area is 330 Å².